The van der Waals surface area contributed by atoms with Crippen LogP contribution in [0.4, 0.5) is 0 Å². The predicted molar refractivity (Wildman–Crippen MR) is 71.9 cm³/mol. The SMILES string of the molecule is CCCCCCCOC(CNCC)C(C)C. The van der Waals surface area contributed by atoms with Gasteiger partial charge in [0.25, 0.3) is 0 Å². The van der Waals surface area contributed by atoms with E-state index in [0.717, 1.165) is 19.7 Å². The normalized spacial score (nSPS) is 13.3. The first-order chi connectivity index (χ1) is 7.72. The van der Waals surface area contributed by atoms with E-state index < -0.39 is 0 Å². The van der Waals surface area contributed by atoms with Crippen LogP contribution in [0.25, 0.3) is 0 Å². The highest BCUT2D eigenvalue weighted by atomic mass is 16.5. The van der Waals surface area contributed by atoms with E-state index in [2.05, 4.69) is 33.0 Å². The minimum atomic E-state index is 0.381. The summed E-state index contributed by atoms with van der Waals surface area (Å²) >= 11 is 0. The van der Waals surface area contributed by atoms with Gasteiger partial charge >= 0.3 is 0 Å². The number of ether oxygens (including phenoxy) is 1. The molecule has 0 radical (unpaired) electrons. The number of unbranched alkanes of at least 4 members (excludes halogenated alkanes) is 4. The quantitative estimate of drug-likeness (QED) is 0.547. The van der Waals surface area contributed by atoms with Crippen LogP contribution in [0.3, 0.4) is 0 Å². The van der Waals surface area contributed by atoms with Gasteiger partial charge in [0.1, 0.15) is 0 Å². The lowest BCUT2D eigenvalue weighted by Gasteiger charge is -2.21. The van der Waals surface area contributed by atoms with Crippen LogP contribution in [-0.2, 0) is 4.74 Å². The molecular formula is C14H31NO. The smallest absolute Gasteiger partial charge is 0.0722 e. The second-order valence-electron chi connectivity index (χ2n) is 4.88. The van der Waals surface area contributed by atoms with Crippen molar-refractivity contribution in [3.8, 4) is 0 Å². The van der Waals surface area contributed by atoms with Gasteiger partial charge in [0.15, 0.2) is 0 Å². The van der Waals surface area contributed by atoms with Crippen LogP contribution in [0.1, 0.15) is 59.8 Å². The van der Waals surface area contributed by atoms with Crippen LogP contribution in [0, 0.1) is 5.92 Å². The molecule has 0 spiro atoms. The number of rotatable bonds is 11. The first kappa shape index (κ1) is 15.9. The van der Waals surface area contributed by atoms with Crippen LogP contribution in [0.15, 0.2) is 0 Å². The summed E-state index contributed by atoms with van der Waals surface area (Å²) in [6.07, 6.45) is 6.96. The second kappa shape index (κ2) is 11.4. The highest BCUT2D eigenvalue weighted by Gasteiger charge is 2.12. The Bertz CT molecular complexity index is 137. The van der Waals surface area contributed by atoms with Crippen LogP contribution in [-0.4, -0.2) is 25.8 Å². The first-order valence-electron chi connectivity index (χ1n) is 7.04. The van der Waals surface area contributed by atoms with Crippen molar-refractivity contribution in [3.63, 3.8) is 0 Å². The molecule has 0 heterocycles. The number of hydrogen-bond acceptors (Lipinski definition) is 2. The van der Waals surface area contributed by atoms with E-state index >= 15 is 0 Å². The maximum Gasteiger partial charge on any atom is 0.0722 e. The van der Waals surface area contributed by atoms with Gasteiger partial charge in [0, 0.05) is 13.2 Å². The summed E-state index contributed by atoms with van der Waals surface area (Å²) in [5.41, 5.74) is 0. The van der Waals surface area contributed by atoms with Gasteiger partial charge in [-0.1, -0.05) is 53.4 Å². The molecule has 1 atom stereocenters. The van der Waals surface area contributed by atoms with Crippen molar-refractivity contribution in [2.75, 3.05) is 19.7 Å². The van der Waals surface area contributed by atoms with E-state index in [1.54, 1.807) is 0 Å². The fraction of sp³-hybridized carbons (Fsp3) is 1.00. The largest absolute Gasteiger partial charge is 0.377 e. The molecule has 0 fully saturated rings. The molecule has 0 rings (SSSR count). The molecule has 0 aliphatic rings. The second-order valence-corrected chi connectivity index (χ2v) is 4.88. The Morgan fingerprint density at radius 1 is 1.00 bits per heavy atom. The van der Waals surface area contributed by atoms with Crippen molar-refractivity contribution in [2.45, 2.75) is 65.9 Å². The molecule has 0 amide bonds. The lowest BCUT2D eigenvalue weighted by atomic mass is 10.1. The molecule has 0 saturated carbocycles. The van der Waals surface area contributed by atoms with E-state index in [4.69, 9.17) is 4.74 Å². The zero-order valence-electron chi connectivity index (χ0n) is 11.7. The molecule has 0 aromatic heterocycles. The molecule has 0 saturated heterocycles. The van der Waals surface area contributed by atoms with E-state index in [-0.39, 0.29) is 0 Å². The molecule has 98 valence electrons. The van der Waals surface area contributed by atoms with E-state index in [9.17, 15) is 0 Å². The third-order valence-corrected chi connectivity index (χ3v) is 2.92. The average Bonchev–Trinajstić information content (AvgIpc) is 2.26. The van der Waals surface area contributed by atoms with Gasteiger partial charge in [-0.15, -0.1) is 0 Å². The van der Waals surface area contributed by atoms with E-state index in [1.165, 1.54) is 32.1 Å². The third-order valence-electron chi connectivity index (χ3n) is 2.92. The molecule has 0 aromatic carbocycles. The minimum Gasteiger partial charge on any atom is -0.377 e. The highest BCUT2D eigenvalue weighted by Crippen LogP contribution is 2.08. The summed E-state index contributed by atoms with van der Waals surface area (Å²) in [6, 6.07) is 0. The van der Waals surface area contributed by atoms with Gasteiger partial charge in [0.05, 0.1) is 6.10 Å². The van der Waals surface area contributed by atoms with Gasteiger partial charge in [-0.05, 0) is 18.9 Å². The highest BCUT2D eigenvalue weighted by molar-refractivity contribution is 4.65. The van der Waals surface area contributed by atoms with Crippen molar-refractivity contribution in [3.05, 3.63) is 0 Å². The monoisotopic (exact) mass is 229 g/mol. The van der Waals surface area contributed by atoms with Crippen LogP contribution in [0.5, 0.6) is 0 Å². The summed E-state index contributed by atoms with van der Waals surface area (Å²) in [7, 11) is 0. The number of nitrogens with one attached hydrogen (secondary N) is 1. The lowest BCUT2D eigenvalue weighted by molar-refractivity contribution is 0.0211. The summed E-state index contributed by atoms with van der Waals surface area (Å²) in [6.45, 7) is 11.8. The van der Waals surface area contributed by atoms with Gasteiger partial charge < -0.3 is 10.1 Å². The van der Waals surface area contributed by atoms with Gasteiger partial charge in [-0.25, -0.2) is 0 Å². The molecule has 1 unspecified atom stereocenters. The Morgan fingerprint density at radius 2 is 1.69 bits per heavy atom. The van der Waals surface area contributed by atoms with Crippen molar-refractivity contribution in [2.24, 2.45) is 5.92 Å². The zero-order chi connectivity index (χ0) is 12.2. The fourth-order valence-corrected chi connectivity index (χ4v) is 1.71. The molecule has 0 aliphatic carbocycles. The van der Waals surface area contributed by atoms with Gasteiger partial charge in [-0.2, -0.15) is 0 Å². The van der Waals surface area contributed by atoms with Crippen LogP contribution in [0.2, 0.25) is 0 Å². The molecular weight excluding hydrogens is 198 g/mol. The molecule has 16 heavy (non-hydrogen) atoms. The zero-order valence-corrected chi connectivity index (χ0v) is 11.7. The predicted octanol–water partition coefficient (Wildman–Crippen LogP) is 3.61. The minimum absolute atomic E-state index is 0.381. The van der Waals surface area contributed by atoms with Gasteiger partial charge in [0.2, 0.25) is 0 Å². The van der Waals surface area contributed by atoms with E-state index in [1.807, 2.05) is 0 Å². The number of likely N-dealkylation sites (N-methyl/N-ethyl adjacent to an activating group) is 1. The van der Waals surface area contributed by atoms with Crippen molar-refractivity contribution in [1.29, 1.82) is 0 Å². The molecule has 0 aromatic rings. The molecule has 0 aliphatic heterocycles. The number of hydrogen-bond donors (Lipinski definition) is 1. The van der Waals surface area contributed by atoms with Crippen molar-refractivity contribution < 1.29 is 4.74 Å². The summed E-state index contributed by atoms with van der Waals surface area (Å²) in [5.74, 6) is 0.606. The molecule has 2 nitrogen and oxygen atoms in total. The van der Waals surface area contributed by atoms with Crippen molar-refractivity contribution in [1.82, 2.24) is 5.32 Å². The summed E-state index contributed by atoms with van der Waals surface area (Å²) in [5, 5.41) is 3.37. The topological polar surface area (TPSA) is 21.3 Å². The van der Waals surface area contributed by atoms with E-state index in [0.29, 0.717) is 12.0 Å². The molecule has 0 bridgehead atoms. The summed E-state index contributed by atoms with van der Waals surface area (Å²) < 4.78 is 5.92. The molecule has 2 heteroatoms. The Kier molecular flexibility index (Phi) is 11.3. The average molecular weight is 229 g/mol. The van der Waals surface area contributed by atoms with Crippen LogP contribution < -0.4 is 5.32 Å². The third kappa shape index (κ3) is 9.17. The lowest BCUT2D eigenvalue weighted by Crippen LogP contribution is -2.33. The first-order valence-corrected chi connectivity index (χ1v) is 7.04. The maximum absolute atomic E-state index is 5.92. The fourth-order valence-electron chi connectivity index (χ4n) is 1.71. The Morgan fingerprint density at radius 3 is 2.25 bits per heavy atom. The van der Waals surface area contributed by atoms with Gasteiger partial charge in [-0.3, -0.25) is 0 Å². The Labute approximate surface area is 102 Å². The van der Waals surface area contributed by atoms with Crippen LogP contribution >= 0.6 is 0 Å². The summed E-state index contributed by atoms with van der Waals surface area (Å²) in [4.78, 5) is 0. The Hall–Kier alpha value is -0.0800. The Balaban J connectivity index is 3.44. The molecule has 1 N–H and O–H groups in total. The maximum atomic E-state index is 5.92. The van der Waals surface area contributed by atoms with Crippen molar-refractivity contribution >= 4 is 0 Å². The standard InChI is InChI=1S/C14H31NO/c1-5-7-8-9-10-11-16-14(13(3)4)12-15-6-2/h13-15H,5-12H2,1-4H3.